The average molecular weight is 302 g/mol. The molecule has 0 amide bonds. The van der Waals surface area contributed by atoms with Crippen LogP contribution in [0, 0.1) is 11.6 Å². The minimum absolute atomic E-state index is 0.217. The molecule has 5 heteroatoms. The number of benzene rings is 1. The van der Waals surface area contributed by atoms with Gasteiger partial charge < -0.3 is 9.73 Å². The smallest absolute Gasteiger partial charge is 0.169 e. The summed E-state index contributed by atoms with van der Waals surface area (Å²) in [7, 11) is 1.66. The van der Waals surface area contributed by atoms with Gasteiger partial charge in [-0.25, -0.2) is 8.78 Å². The van der Waals surface area contributed by atoms with Crippen LogP contribution >= 0.6 is 15.9 Å². The Bertz CT molecular complexity index is 527. The molecule has 90 valence electrons. The molecular formula is C12H10BrF2NO. The van der Waals surface area contributed by atoms with Crippen LogP contribution in [0.2, 0.25) is 0 Å². The molecule has 1 atom stereocenters. The maximum absolute atomic E-state index is 13.6. The summed E-state index contributed by atoms with van der Waals surface area (Å²) in [4.78, 5) is 0. The van der Waals surface area contributed by atoms with Gasteiger partial charge in [-0.2, -0.15) is 0 Å². The predicted molar refractivity (Wildman–Crippen MR) is 63.7 cm³/mol. The van der Waals surface area contributed by atoms with Gasteiger partial charge in [-0.15, -0.1) is 0 Å². The van der Waals surface area contributed by atoms with Crippen molar-refractivity contribution < 1.29 is 13.2 Å². The van der Waals surface area contributed by atoms with Crippen LogP contribution in [0.15, 0.2) is 39.4 Å². The van der Waals surface area contributed by atoms with E-state index in [2.05, 4.69) is 21.2 Å². The number of hydrogen-bond acceptors (Lipinski definition) is 2. The standard InChI is InChI=1S/C12H10BrF2NO/c1-16-12(10-4-5-11(13)17-10)8-6-7(14)2-3-9(8)15/h2-6,12,16H,1H3. The molecule has 2 rings (SSSR count). The minimum Gasteiger partial charge on any atom is -0.452 e. The molecule has 0 aliphatic heterocycles. The molecule has 0 spiro atoms. The third-order valence-electron chi connectivity index (χ3n) is 2.44. The maximum atomic E-state index is 13.6. The summed E-state index contributed by atoms with van der Waals surface area (Å²) >= 11 is 3.17. The topological polar surface area (TPSA) is 25.2 Å². The van der Waals surface area contributed by atoms with E-state index in [-0.39, 0.29) is 5.56 Å². The van der Waals surface area contributed by atoms with E-state index in [0.717, 1.165) is 18.2 Å². The van der Waals surface area contributed by atoms with E-state index < -0.39 is 17.7 Å². The van der Waals surface area contributed by atoms with Crippen molar-refractivity contribution in [3.63, 3.8) is 0 Å². The summed E-state index contributed by atoms with van der Waals surface area (Å²) < 4.78 is 32.7. The lowest BCUT2D eigenvalue weighted by molar-refractivity contribution is 0.437. The van der Waals surface area contributed by atoms with Gasteiger partial charge in [-0.3, -0.25) is 0 Å². The van der Waals surface area contributed by atoms with Crippen molar-refractivity contribution >= 4 is 15.9 Å². The van der Waals surface area contributed by atoms with Crippen molar-refractivity contribution in [1.82, 2.24) is 5.32 Å². The van der Waals surface area contributed by atoms with Crippen molar-refractivity contribution in [2.75, 3.05) is 7.05 Å². The highest BCUT2D eigenvalue weighted by molar-refractivity contribution is 9.10. The number of furan rings is 1. The summed E-state index contributed by atoms with van der Waals surface area (Å²) in [5, 5.41) is 2.89. The van der Waals surface area contributed by atoms with Crippen LogP contribution in [-0.2, 0) is 0 Å². The first-order valence-electron chi connectivity index (χ1n) is 4.99. The van der Waals surface area contributed by atoms with Gasteiger partial charge in [0.15, 0.2) is 4.67 Å². The zero-order chi connectivity index (χ0) is 12.4. The molecule has 1 aromatic heterocycles. The Morgan fingerprint density at radius 2 is 2.00 bits per heavy atom. The Balaban J connectivity index is 2.45. The molecular weight excluding hydrogens is 292 g/mol. The van der Waals surface area contributed by atoms with Crippen LogP contribution in [0.25, 0.3) is 0 Å². The lowest BCUT2D eigenvalue weighted by Crippen LogP contribution is -2.18. The third-order valence-corrected chi connectivity index (χ3v) is 2.86. The molecule has 0 fully saturated rings. The van der Waals surface area contributed by atoms with Gasteiger partial charge in [-0.05, 0) is 53.3 Å². The van der Waals surface area contributed by atoms with Crippen molar-refractivity contribution in [1.29, 1.82) is 0 Å². The second-order valence-electron chi connectivity index (χ2n) is 3.53. The molecule has 1 heterocycles. The van der Waals surface area contributed by atoms with E-state index >= 15 is 0 Å². The molecule has 0 saturated carbocycles. The summed E-state index contributed by atoms with van der Waals surface area (Å²) in [6.07, 6.45) is 0. The van der Waals surface area contributed by atoms with Gasteiger partial charge in [-0.1, -0.05) is 0 Å². The molecule has 0 aliphatic rings. The molecule has 0 radical (unpaired) electrons. The molecule has 0 aliphatic carbocycles. The predicted octanol–water partition coefficient (Wildman–Crippen LogP) is 3.63. The van der Waals surface area contributed by atoms with E-state index in [0.29, 0.717) is 10.4 Å². The second kappa shape index (κ2) is 4.98. The molecule has 1 N–H and O–H groups in total. The van der Waals surface area contributed by atoms with Gasteiger partial charge in [0.1, 0.15) is 17.4 Å². The molecule has 2 aromatic rings. The van der Waals surface area contributed by atoms with E-state index in [1.54, 1.807) is 19.2 Å². The van der Waals surface area contributed by atoms with Crippen molar-refractivity contribution in [3.8, 4) is 0 Å². The first kappa shape index (κ1) is 12.3. The van der Waals surface area contributed by atoms with E-state index in [1.165, 1.54) is 0 Å². The average Bonchev–Trinajstić information content (AvgIpc) is 2.71. The van der Waals surface area contributed by atoms with Crippen molar-refractivity contribution in [2.45, 2.75) is 6.04 Å². The fourth-order valence-corrected chi connectivity index (χ4v) is 1.99. The van der Waals surface area contributed by atoms with Gasteiger partial charge in [0.2, 0.25) is 0 Å². The summed E-state index contributed by atoms with van der Waals surface area (Å²) in [5.74, 6) is -0.436. The number of nitrogens with one attached hydrogen (secondary N) is 1. The van der Waals surface area contributed by atoms with E-state index in [9.17, 15) is 8.78 Å². The number of halogens is 3. The fourth-order valence-electron chi connectivity index (χ4n) is 1.67. The van der Waals surface area contributed by atoms with Gasteiger partial charge >= 0.3 is 0 Å². The largest absolute Gasteiger partial charge is 0.452 e. The zero-order valence-electron chi connectivity index (χ0n) is 9.01. The quantitative estimate of drug-likeness (QED) is 0.936. The molecule has 0 saturated heterocycles. The highest BCUT2D eigenvalue weighted by Crippen LogP contribution is 2.27. The molecule has 1 unspecified atom stereocenters. The Kier molecular flexibility index (Phi) is 3.59. The van der Waals surface area contributed by atoms with Crippen LogP contribution in [0.5, 0.6) is 0 Å². The highest BCUT2D eigenvalue weighted by Gasteiger charge is 2.20. The van der Waals surface area contributed by atoms with Gasteiger partial charge in [0.05, 0.1) is 6.04 Å². The normalized spacial score (nSPS) is 12.7. The number of rotatable bonds is 3. The SMILES string of the molecule is CNC(c1ccc(Br)o1)c1cc(F)ccc1F. The molecule has 17 heavy (non-hydrogen) atoms. The second-order valence-corrected chi connectivity index (χ2v) is 4.31. The Hall–Kier alpha value is -1.20. The van der Waals surface area contributed by atoms with E-state index in [1.807, 2.05) is 0 Å². The summed E-state index contributed by atoms with van der Waals surface area (Å²) in [5.41, 5.74) is 0.217. The van der Waals surface area contributed by atoms with Crippen molar-refractivity contribution in [2.24, 2.45) is 0 Å². The summed E-state index contributed by atoms with van der Waals surface area (Å²) in [6, 6.07) is 6.24. The summed E-state index contributed by atoms with van der Waals surface area (Å²) in [6.45, 7) is 0. The monoisotopic (exact) mass is 301 g/mol. The zero-order valence-corrected chi connectivity index (χ0v) is 10.6. The minimum atomic E-state index is -0.517. The lowest BCUT2D eigenvalue weighted by atomic mass is 10.0. The van der Waals surface area contributed by atoms with Crippen LogP contribution in [0.1, 0.15) is 17.4 Å². The highest BCUT2D eigenvalue weighted by atomic mass is 79.9. The van der Waals surface area contributed by atoms with Crippen LogP contribution in [-0.4, -0.2) is 7.05 Å². The maximum Gasteiger partial charge on any atom is 0.169 e. The first-order chi connectivity index (χ1) is 8.11. The molecule has 1 aromatic carbocycles. The first-order valence-corrected chi connectivity index (χ1v) is 5.78. The lowest BCUT2D eigenvalue weighted by Gasteiger charge is -2.14. The van der Waals surface area contributed by atoms with Gasteiger partial charge in [0.25, 0.3) is 0 Å². The Labute approximate surface area is 106 Å². The molecule has 2 nitrogen and oxygen atoms in total. The van der Waals surface area contributed by atoms with Crippen LogP contribution in [0.3, 0.4) is 0 Å². The van der Waals surface area contributed by atoms with Crippen LogP contribution < -0.4 is 5.32 Å². The van der Waals surface area contributed by atoms with E-state index in [4.69, 9.17) is 4.42 Å². The van der Waals surface area contributed by atoms with Crippen molar-refractivity contribution in [3.05, 3.63) is 58.0 Å². The molecule has 0 bridgehead atoms. The Morgan fingerprint density at radius 1 is 1.24 bits per heavy atom. The number of hydrogen-bond donors (Lipinski definition) is 1. The Morgan fingerprint density at radius 3 is 2.59 bits per heavy atom. The van der Waals surface area contributed by atoms with Gasteiger partial charge in [0, 0.05) is 5.56 Å². The third kappa shape index (κ3) is 2.56. The van der Waals surface area contributed by atoms with Crippen LogP contribution in [0.4, 0.5) is 8.78 Å². The fraction of sp³-hybridized carbons (Fsp3) is 0.167.